The summed E-state index contributed by atoms with van der Waals surface area (Å²) in [5.41, 5.74) is 1.38. The molecule has 82 heavy (non-hydrogen) atoms. The van der Waals surface area contributed by atoms with Gasteiger partial charge in [0.15, 0.2) is 36.3 Å². The predicted octanol–water partition coefficient (Wildman–Crippen LogP) is 7.33. The number of amides is 4. The number of hydrogen-bond donors (Lipinski definition) is 9. The van der Waals surface area contributed by atoms with Crippen LogP contribution in [0.5, 0.6) is 28.7 Å². The highest BCUT2D eigenvalue weighted by Gasteiger charge is 2.47. The summed E-state index contributed by atoms with van der Waals surface area (Å²) < 4.78 is 102. The fraction of sp³-hybridized carbons (Fsp3) is 0.113. The van der Waals surface area contributed by atoms with Crippen LogP contribution in [-0.2, 0) is 19.2 Å². The number of ether oxygens (including phenoxy) is 4. The van der Waals surface area contributed by atoms with Gasteiger partial charge in [-0.25, -0.2) is 24.5 Å². The van der Waals surface area contributed by atoms with Gasteiger partial charge in [-0.05, 0) is 82.5 Å². The summed E-state index contributed by atoms with van der Waals surface area (Å²) in [6, 6.07) is 31.0. The molecule has 0 aliphatic carbocycles. The highest BCUT2D eigenvalue weighted by atomic mass is 19.3. The zero-order valence-electron chi connectivity index (χ0n) is 42.3. The van der Waals surface area contributed by atoms with Crippen LogP contribution in [0.3, 0.4) is 0 Å². The van der Waals surface area contributed by atoms with E-state index in [2.05, 4.69) is 61.3 Å². The van der Waals surface area contributed by atoms with Gasteiger partial charge in [0, 0.05) is 43.3 Å². The van der Waals surface area contributed by atoms with Crippen LogP contribution in [-0.4, -0.2) is 89.2 Å². The number of H-pyrrole nitrogens is 1. The first kappa shape index (κ1) is 57.1. The number of fused-ring (bicyclic) bond motifs is 3. The minimum Gasteiger partial charge on any atom is -0.871 e. The van der Waals surface area contributed by atoms with Crippen molar-refractivity contribution in [2.75, 3.05) is 59.2 Å². The number of anilines is 10. The number of carbonyl (C=O) groups excluding carboxylic acids is 4. The number of alkyl halides is 4. The Morgan fingerprint density at radius 2 is 1.17 bits per heavy atom. The maximum atomic E-state index is 14.3. The molecule has 0 radical (unpaired) electrons. The fourth-order valence-electron chi connectivity index (χ4n) is 7.13. The number of rotatable bonds is 15. The van der Waals surface area contributed by atoms with Crippen molar-refractivity contribution in [1.29, 1.82) is 0 Å². The van der Waals surface area contributed by atoms with Gasteiger partial charge in [-0.1, -0.05) is 48.2 Å². The number of halogens is 6. The van der Waals surface area contributed by atoms with Gasteiger partial charge in [-0.2, -0.15) is 26.9 Å². The SMILES string of the molecule is CNC(=O)COc1cccc(Nc2nc(Nc3ccc4c(c3)NC(=O)C(F)(F)O4)c(F)c[nH+]2)c1.CNC(=O)COc1cccc(Nc2ncc(F)c(Nc3ccc4c(c3)NC(=O)C(F)(F)O4)n2)c1.O=C(O)c1ccc2ccccc2c1[O-]. The molecule has 23 nitrogen and oxygen atoms in total. The molecule has 2 aliphatic heterocycles. The fourth-order valence-corrected chi connectivity index (χ4v) is 7.13. The topological polar surface area (TPSA) is 315 Å². The molecule has 8 aromatic rings. The van der Waals surface area contributed by atoms with Crippen LogP contribution in [0.1, 0.15) is 10.4 Å². The van der Waals surface area contributed by atoms with E-state index < -0.39 is 47.4 Å². The van der Waals surface area contributed by atoms with Crippen molar-refractivity contribution >= 4 is 98.0 Å². The molecule has 0 bridgehead atoms. The van der Waals surface area contributed by atoms with Gasteiger partial charge < -0.3 is 66.4 Å². The summed E-state index contributed by atoms with van der Waals surface area (Å²) in [6.07, 6.45) is -5.96. The molecule has 4 heterocycles. The van der Waals surface area contributed by atoms with E-state index in [1.807, 2.05) is 16.7 Å². The first-order valence-corrected chi connectivity index (χ1v) is 23.7. The molecule has 6 aromatic carbocycles. The number of carboxylic acid groups (broad SMARTS) is 1. The predicted molar refractivity (Wildman–Crippen MR) is 280 cm³/mol. The lowest BCUT2D eigenvalue weighted by Crippen LogP contribution is -2.43. The van der Waals surface area contributed by atoms with E-state index in [-0.39, 0.29) is 88.4 Å². The zero-order valence-corrected chi connectivity index (χ0v) is 42.3. The monoisotopic (exact) mass is 1140 g/mol. The van der Waals surface area contributed by atoms with Gasteiger partial charge in [0.1, 0.15) is 23.4 Å². The first-order chi connectivity index (χ1) is 39.2. The summed E-state index contributed by atoms with van der Waals surface area (Å²) in [4.78, 5) is 70.9. The maximum Gasteiger partial charge on any atom is 0.482 e. The van der Waals surface area contributed by atoms with Crippen LogP contribution in [0.4, 0.5) is 84.0 Å². The lowest BCUT2D eigenvalue weighted by Gasteiger charge is -2.25. The van der Waals surface area contributed by atoms with Crippen molar-refractivity contribution in [3.8, 4) is 28.7 Å². The number of likely N-dealkylation sites (N-methyl/N-ethyl adjacent to an activating group) is 2. The zero-order chi connectivity index (χ0) is 58.7. The highest BCUT2D eigenvalue weighted by Crippen LogP contribution is 2.39. The first-order valence-electron chi connectivity index (χ1n) is 23.7. The molecule has 0 atom stereocenters. The standard InChI is InChI=1S/2C21H17F3N6O4.C11H8O3/c2*1-25-17(31)10-33-13-4-2-3-11(7-13)28-20-26-9-14(22)18(30-20)27-12-5-6-16-15(8-12)29-19(32)21(23,24)34-16;12-10-8-4-2-1-3-7(8)5-6-9(10)11(13)14/h2*2-9H,10H2,1H3,(H,25,31)(H,29,32)(H2,26,27,28,30);1-6,12H,(H,13,14). The third-order valence-corrected chi connectivity index (χ3v) is 11.1. The van der Waals surface area contributed by atoms with Gasteiger partial charge in [0.05, 0.1) is 23.1 Å². The molecule has 0 spiro atoms. The molecule has 0 saturated carbocycles. The number of hydrogen-bond acceptors (Lipinski definition) is 17. The largest absolute Gasteiger partial charge is 0.871 e. The van der Waals surface area contributed by atoms with Crippen LogP contribution < -0.4 is 71.6 Å². The molecule has 0 fully saturated rings. The second-order valence-electron chi connectivity index (χ2n) is 16.9. The quantitative estimate of drug-likeness (QED) is 0.0454. The van der Waals surface area contributed by atoms with Crippen molar-refractivity contribution in [2.45, 2.75) is 12.2 Å². The van der Waals surface area contributed by atoms with E-state index in [0.717, 1.165) is 17.8 Å². The Labute approximate surface area is 458 Å². The summed E-state index contributed by atoms with van der Waals surface area (Å²) in [6.45, 7) is -0.316. The molecular weight excluding hydrogens is 1090 g/mol. The van der Waals surface area contributed by atoms with Gasteiger partial charge in [-0.3, -0.25) is 19.2 Å². The summed E-state index contributed by atoms with van der Waals surface area (Å²) in [7, 11) is 2.99. The number of aromatic carboxylic acids is 1. The van der Waals surface area contributed by atoms with Gasteiger partial charge >= 0.3 is 35.9 Å². The molecule has 4 amide bonds. The molecule has 10 rings (SSSR count). The average Bonchev–Trinajstić information content (AvgIpc) is 3.59. The van der Waals surface area contributed by atoms with Crippen LogP contribution in [0, 0.1) is 11.6 Å². The van der Waals surface area contributed by atoms with E-state index in [1.165, 1.54) is 56.6 Å². The Balaban J connectivity index is 0.000000174. The van der Waals surface area contributed by atoms with Gasteiger partial charge in [-0.15, -0.1) is 0 Å². The molecule has 0 saturated heterocycles. The average molecular weight is 1140 g/mol. The van der Waals surface area contributed by atoms with E-state index in [9.17, 15) is 55.4 Å². The number of aromatic nitrogens is 4. The van der Waals surface area contributed by atoms with Crippen LogP contribution >= 0.6 is 0 Å². The summed E-state index contributed by atoms with van der Waals surface area (Å²) in [5, 5.41) is 41.8. The summed E-state index contributed by atoms with van der Waals surface area (Å²) in [5.74, 6) is -6.71. The molecular formula is C53H42F6N12O11. The number of carboxylic acids is 1. The molecule has 10 N–H and O–H groups in total. The van der Waals surface area contributed by atoms with E-state index in [0.29, 0.717) is 28.3 Å². The lowest BCUT2D eigenvalue weighted by atomic mass is 10.1. The number of nitrogens with one attached hydrogen (secondary N) is 9. The third-order valence-electron chi connectivity index (χ3n) is 11.1. The lowest BCUT2D eigenvalue weighted by molar-refractivity contribution is -0.367. The van der Waals surface area contributed by atoms with E-state index >= 15 is 0 Å². The number of nitrogens with zero attached hydrogens (tertiary/aromatic N) is 3. The molecule has 2 aromatic heterocycles. The van der Waals surface area contributed by atoms with Crippen LogP contribution in [0.2, 0.25) is 0 Å². The van der Waals surface area contributed by atoms with Crippen molar-refractivity contribution in [3.05, 3.63) is 151 Å². The van der Waals surface area contributed by atoms with E-state index in [1.54, 1.807) is 72.8 Å². The van der Waals surface area contributed by atoms with Gasteiger partial charge in [0.2, 0.25) is 17.6 Å². The molecule has 29 heteroatoms. The Morgan fingerprint density at radius 1 is 0.646 bits per heavy atom. The molecule has 0 unspecified atom stereocenters. The summed E-state index contributed by atoms with van der Waals surface area (Å²) >= 11 is 0. The Bertz CT molecular complexity index is 3560. The Morgan fingerprint density at radius 3 is 1.72 bits per heavy atom. The van der Waals surface area contributed by atoms with Crippen LogP contribution in [0.25, 0.3) is 10.8 Å². The van der Waals surface area contributed by atoms with Crippen molar-refractivity contribution in [2.24, 2.45) is 0 Å². The minimum absolute atomic E-state index is 0.00394. The molecule has 2 aliphatic rings. The number of aromatic amines is 1. The second kappa shape index (κ2) is 24.7. The van der Waals surface area contributed by atoms with Gasteiger partial charge in [0.25, 0.3) is 11.8 Å². The third kappa shape index (κ3) is 14.3. The highest BCUT2D eigenvalue weighted by molar-refractivity contribution is 6.01. The second-order valence-corrected chi connectivity index (χ2v) is 16.9. The van der Waals surface area contributed by atoms with Crippen molar-refractivity contribution in [1.82, 2.24) is 25.6 Å². The maximum absolute atomic E-state index is 14.3. The van der Waals surface area contributed by atoms with Crippen LogP contribution in [0.15, 0.2) is 134 Å². The minimum atomic E-state index is -3.98. The Kier molecular flexibility index (Phi) is 17.2. The number of benzene rings is 6. The van der Waals surface area contributed by atoms with Crippen molar-refractivity contribution < 1.29 is 84.5 Å². The number of carbonyl (C=O) groups is 5. The Hall–Kier alpha value is -11.1. The van der Waals surface area contributed by atoms with E-state index in [4.69, 9.17) is 14.6 Å². The van der Waals surface area contributed by atoms with Crippen molar-refractivity contribution in [3.63, 3.8) is 0 Å². The smallest absolute Gasteiger partial charge is 0.482 e. The normalized spacial score (nSPS) is 13.1. The molecule has 422 valence electrons.